The molecular formula is C14H22N2O3. The Hall–Kier alpha value is -1.46. The zero-order chi connectivity index (χ0) is 13.8. The van der Waals surface area contributed by atoms with Gasteiger partial charge in [0.15, 0.2) is 0 Å². The highest BCUT2D eigenvalue weighted by Crippen LogP contribution is 2.38. The van der Waals surface area contributed by atoms with E-state index >= 15 is 0 Å². The van der Waals surface area contributed by atoms with Crippen molar-refractivity contribution in [1.29, 1.82) is 0 Å². The van der Waals surface area contributed by atoms with Crippen LogP contribution in [-0.4, -0.2) is 39.0 Å². The summed E-state index contributed by atoms with van der Waals surface area (Å²) in [5.41, 5.74) is 7.70. The largest absolute Gasteiger partial charge is 0.496 e. The van der Waals surface area contributed by atoms with Crippen molar-refractivity contribution in [2.75, 3.05) is 38.8 Å². The SMILES string of the molecule is COc1cc(N2CCCC2)c(OC)cc1[C@@H](N)CO. The Balaban J connectivity index is 2.43. The zero-order valence-corrected chi connectivity index (χ0v) is 11.6. The van der Waals surface area contributed by atoms with E-state index in [0.29, 0.717) is 5.75 Å². The lowest BCUT2D eigenvalue weighted by molar-refractivity contribution is 0.264. The Bertz CT molecular complexity index is 431. The number of benzene rings is 1. The van der Waals surface area contributed by atoms with Crippen LogP contribution in [0.3, 0.4) is 0 Å². The summed E-state index contributed by atoms with van der Waals surface area (Å²) in [6, 6.07) is 3.36. The molecular weight excluding hydrogens is 244 g/mol. The predicted octanol–water partition coefficient (Wildman–Crippen LogP) is 1.30. The second-order valence-corrected chi connectivity index (χ2v) is 4.75. The molecule has 1 heterocycles. The van der Waals surface area contributed by atoms with Gasteiger partial charge in [-0.1, -0.05) is 0 Å². The summed E-state index contributed by atoms with van der Waals surface area (Å²) in [5.74, 6) is 1.48. The van der Waals surface area contributed by atoms with E-state index in [-0.39, 0.29) is 6.61 Å². The van der Waals surface area contributed by atoms with Gasteiger partial charge in [-0.25, -0.2) is 0 Å². The maximum Gasteiger partial charge on any atom is 0.142 e. The second-order valence-electron chi connectivity index (χ2n) is 4.75. The molecule has 0 radical (unpaired) electrons. The molecule has 0 aromatic heterocycles. The molecule has 19 heavy (non-hydrogen) atoms. The molecule has 0 aliphatic carbocycles. The minimum absolute atomic E-state index is 0.122. The summed E-state index contributed by atoms with van der Waals surface area (Å²) in [4.78, 5) is 2.29. The topological polar surface area (TPSA) is 68.0 Å². The molecule has 1 aliphatic heterocycles. The lowest BCUT2D eigenvalue weighted by atomic mass is 10.1. The van der Waals surface area contributed by atoms with E-state index < -0.39 is 6.04 Å². The molecule has 0 saturated carbocycles. The average molecular weight is 266 g/mol. The van der Waals surface area contributed by atoms with Crippen molar-refractivity contribution in [3.05, 3.63) is 17.7 Å². The van der Waals surface area contributed by atoms with Gasteiger partial charge in [0, 0.05) is 24.7 Å². The molecule has 0 unspecified atom stereocenters. The Morgan fingerprint density at radius 1 is 1.21 bits per heavy atom. The Labute approximate surface area is 113 Å². The lowest BCUT2D eigenvalue weighted by Gasteiger charge is -2.24. The Morgan fingerprint density at radius 2 is 1.84 bits per heavy atom. The van der Waals surface area contributed by atoms with Crippen LogP contribution in [0, 0.1) is 0 Å². The van der Waals surface area contributed by atoms with Gasteiger partial charge in [-0.05, 0) is 18.9 Å². The highest BCUT2D eigenvalue weighted by molar-refractivity contribution is 5.65. The van der Waals surface area contributed by atoms with Crippen molar-refractivity contribution in [3.8, 4) is 11.5 Å². The first-order valence-electron chi connectivity index (χ1n) is 6.58. The monoisotopic (exact) mass is 266 g/mol. The van der Waals surface area contributed by atoms with Gasteiger partial charge in [-0.2, -0.15) is 0 Å². The van der Waals surface area contributed by atoms with E-state index in [0.717, 1.165) is 30.1 Å². The molecule has 0 amide bonds. The third kappa shape index (κ3) is 2.77. The van der Waals surface area contributed by atoms with Crippen molar-refractivity contribution < 1.29 is 14.6 Å². The minimum atomic E-state index is -0.462. The van der Waals surface area contributed by atoms with Gasteiger partial charge in [0.25, 0.3) is 0 Å². The molecule has 1 saturated heterocycles. The van der Waals surface area contributed by atoms with Gasteiger partial charge in [-0.15, -0.1) is 0 Å². The van der Waals surface area contributed by atoms with Crippen molar-refractivity contribution in [1.82, 2.24) is 0 Å². The van der Waals surface area contributed by atoms with Gasteiger partial charge in [0.05, 0.1) is 32.6 Å². The van der Waals surface area contributed by atoms with Crippen molar-refractivity contribution >= 4 is 5.69 Å². The smallest absolute Gasteiger partial charge is 0.142 e. The Morgan fingerprint density at radius 3 is 2.37 bits per heavy atom. The highest BCUT2D eigenvalue weighted by atomic mass is 16.5. The van der Waals surface area contributed by atoms with Crippen LogP contribution in [0.4, 0.5) is 5.69 Å². The zero-order valence-electron chi connectivity index (χ0n) is 11.6. The quantitative estimate of drug-likeness (QED) is 0.840. The second kappa shape index (κ2) is 6.12. The highest BCUT2D eigenvalue weighted by Gasteiger charge is 2.21. The third-order valence-corrected chi connectivity index (χ3v) is 3.57. The standard InChI is InChI=1S/C14H22N2O3/c1-18-13-8-12(16-5-3-4-6-16)14(19-2)7-10(13)11(15)9-17/h7-8,11,17H,3-6,9,15H2,1-2H3/t11-/m0/s1. The number of hydrogen-bond acceptors (Lipinski definition) is 5. The molecule has 1 aromatic rings. The van der Waals surface area contributed by atoms with E-state index in [2.05, 4.69) is 4.90 Å². The number of nitrogens with zero attached hydrogens (tertiary/aromatic N) is 1. The van der Waals surface area contributed by atoms with Crippen LogP contribution in [-0.2, 0) is 0 Å². The fourth-order valence-electron chi connectivity index (χ4n) is 2.50. The van der Waals surface area contributed by atoms with E-state index in [9.17, 15) is 5.11 Å². The predicted molar refractivity (Wildman–Crippen MR) is 75.0 cm³/mol. The third-order valence-electron chi connectivity index (χ3n) is 3.57. The fraction of sp³-hybridized carbons (Fsp3) is 0.571. The molecule has 1 fully saturated rings. The van der Waals surface area contributed by atoms with Crippen LogP contribution in [0.2, 0.25) is 0 Å². The molecule has 0 spiro atoms. The summed E-state index contributed by atoms with van der Waals surface area (Å²) in [6.45, 7) is 1.94. The van der Waals surface area contributed by atoms with Crippen LogP contribution in [0.25, 0.3) is 0 Å². The molecule has 106 valence electrons. The van der Waals surface area contributed by atoms with Crippen molar-refractivity contribution in [3.63, 3.8) is 0 Å². The first kappa shape index (κ1) is 14.0. The fourth-order valence-corrected chi connectivity index (χ4v) is 2.50. The van der Waals surface area contributed by atoms with E-state index in [1.54, 1.807) is 14.2 Å². The molecule has 5 heteroatoms. The Kier molecular flexibility index (Phi) is 4.50. The first-order chi connectivity index (χ1) is 9.21. The summed E-state index contributed by atoms with van der Waals surface area (Å²) in [6.07, 6.45) is 2.40. The van der Waals surface area contributed by atoms with Crippen LogP contribution in [0.15, 0.2) is 12.1 Å². The number of hydrogen-bond donors (Lipinski definition) is 2. The van der Waals surface area contributed by atoms with Crippen molar-refractivity contribution in [2.24, 2.45) is 5.73 Å². The summed E-state index contributed by atoms with van der Waals surface area (Å²) in [5, 5.41) is 9.22. The number of methoxy groups -OCH3 is 2. The van der Waals surface area contributed by atoms with Gasteiger partial charge in [0.1, 0.15) is 11.5 Å². The van der Waals surface area contributed by atoms with Crippen LogP contribution in [0.1, 0.15) is 24.4 Å². The molecule has 1 aliphatic rings. The maximum atomic E-state index is 9.22. The minimum Gasteiger partial charge on any atom is -0.496 e. The van der Waals surface area contributed by atoms with Gasteiger partial charge < -0.3 is 25.2 Å². The van der Waals surface area contributed by atoms with E-state index in [4.69, 9.17) is 15.2 Å². The van der Waals surface area contributed by atoms with Gasteiger partial charge in [-0.3, -0.25) is 0 Å². The normalized spacial score (nSPS) is 16.5. The molecule has 3 N–H and O–H groups in total. The number of rotatable bonds is 5. The van der Waals surface area contributed by atoms with Gasteiger partial charge in [0.2, 0.25) is 0 Å². The number of nitrogens with two attached hydrogens (primary N) is 1. The molecule has 2 rings (SSSR count). The molecule has 1 atom stereocenters. The van der Waals surface area contributed by atoms with Gasteiger partial charge >= 0.3 is 0 Å². The number of aliphatic hydroxyl groups excluding tert-OH is 1. The lowest BCUT2D eigenvalue weighted by Crippen LogP contribution is -2.20. The number of anilines is 1. The summed E-state index contributed by atoms with van der Waals surface area (Å²) >= 11 is 0. The average Bonchev–Trinajstić information content (AvgIpc) is 2.98. The first-order valence-corrected chi connectivity index (χ1v) is 6.58. The van der Waals surface area contributed by atoms with Crippen LogP contribution < -0.4 is 20.1 Å². The van der Waals surface area contributed by atoms with Crippen LogP contribution >= 0.6 is 0 Å². The van der Waals surface area contributed by atoms with Crippen molar-refractivity contribution in [2.45, 2.75) is 18.9 Å². The van der Waals surface area contributed by atoms with E-state index in [1.807, 2.05) is 12.1 Å². The summed E-state index contributed by atoms with van der Waals surface area (Å²) < 4.78 is 10.9. The molecule has 1 aromatic carbocycles. The molecule has 0 bridgehead atoms. The number of ether oxygens (including phenoxy) is 2. The molecule has 5 nitrogen and oxygen atoms in total. The van der Waals surface area contributed by atoms with E-state index in [1.165, 1.54) is 12.8 Å². The summed E-state index contributed by atoms with van der Waals surface area (Å²) in [7, 11) is 3.26. The van der Waals surface area contributed by atoms with Crippen LogP contribution in [0.5, 0.6) is 11.5 Å². The maximum absolute atomic E-state index is 9.22. The number of aliphatic hydroxyl groups is 1.